The van der Waals surface area contributed by atoms with Crippen molar-refractivity contribution in [1.29, 1.82) is 0 Å². The third-order valence-electron chi connectivity index (χ3n) is 22.2. The summed E-state index contributed by atoms with van der Waals surface area (Å²) in [5.74, 6) is -19.8. The van der Waals surface area contributed by atoms with Crippen molar-refractivity contribution in [2.45, 2.75) is 195 Å². The van der Waals surface area contributed by atoms with Gasteiger partial charge in [0.2, 0.25) is 94.5 Å². The highest BCUT2D eigenvalue weighted by molar-refractivity contribution is 8.00. The second-order valence-electron chi connectivity index (χ2n) is 31.1. The molecule has 16 amide bonds. The number of aromatic amines is 2. The number of nitrogens with zero attached hydrogens (tertiary/aromatic N) is 5. The van der Waals surface area contributed by atoms with Gasteiger partial charge in [0.1, 0.15) is 90.3 Å². The molecule has 3 aromatic carbocycles. The van der Waals surface area contributed by atoms with Crippen molar-refractivity contribution >= 4 is 134 Å². The zero-order valence-corrected chi connectivity index (χ0v) is 70.9. The highest BCUT2D eigenvalue weighted by atomic mass is 32.2. The number of carbonyl (C=O) groups is 17. The predicted octanol–water partition coefficient (Wildman–Crippen LogP) is -5.63. The molecule has 5 aromatic rings. The molecular formula is C82H112N18O24S. The van der Waals surface area contributed by atoms with E-state index < -0.39 is 255 Å². The van der Waals surface area contributed by atoms with Crippen molar-refractivity contribution in [3.05, 3.63) is 102 Å². The Labute approximate surface area is 722 Å². The number of rotatable bonds is 21. The first-order valence-electron chi connectivity index (χ1n) is 41.1. The number of carboxylic acids is 1. The van der Waals surface area contributed by atoms with Gasteiger partial charge in [0.25, 0.3) is 0 Å². The SMILES string of the molecule is CCCC[C@H]1C(=O)N(C)[C@@H](CCCC)C(=O)N[C@@H](CO)C(=O)N[C@H](C(=O)NCC(N)=O)CSCC(=O)N[C@@H](Cc2ccc(O)cc2)C(=O)N(C)[C@@H](C)C(=O)N[C@@H](CC(=O)O)C(=O)N2CCC[C@H]2C(=O)N[C@@H](CO)C(=O)N[C@@H](CO)C(=O)N2C[C@H](O)C[C@H]2C(=O)N[C@@H](Cc2c[nH]c3ccccc23)C(=O)N[C@@H](CO)C(=O)N[C@@H](Cc2c[nH]c3ccccc23)C(=O)N1C. The van der Waals surface area contributed by atoms with Crippen LogP contribution in [0.15, 0.2) is 85.2 Å². The number of aliphatic hydroxyl groups is 5. The molecule has 0 saturated carbocycles. The Bertz CT molecular complexity index is 4720. The van der Waals surface area contributed by atoms with Crippen LogP contribution >= 0.6 is 11.8 Å². The number of nitrogens with two attached hydrogens (primary N) is 1. The van der Waals surface area contributed by atoms with Gasteiger partial charge in [-0.2, -0.15) is 0 Å². The molecule has 42 nitrogen and oxygen atoms in total. The van der Waals surface area contributed by atoms with Crippen molar-refractivity contribution in [3.63, 3.8) is 0 Å². The Morgan fingerprint density at radius 3 is 1.55 bits per heavy atom. The number of fused-ring (bicyclic) bond motifs is 4. The number of aromatic hydroxyl groups is 1. The maximum atomic E-state index is 15.5. The van der Waals surface area contributed by atoms with Crippen LogP contribution in [0.5, 0.6) is 5.75 Å². The van der Waals surface area contributed by atoms with E-state index in [0.29, 0.717) is 69.5 Å². The molecule has 125 heavy (non-hydrogen) atoms. The molecule has 15 atom stereocenters. The smallest absolute Gasteiger partial charge is 0.305 e. The number of hydrogen-bond acceptors (Lipinski definition) is 24. The highest BCUT2D eigenvalue weighted by Gasteiger charge is 2.46. The van der Waals surface area contributed by atoms with Gasteiger partial charge in [-0.15, -0.1) is 11.8 Å². The van der Waals surface area contributed by atoms with E-state index in [9.17, 15) is 103 Å². The van der Waals surface area contributed by atoms with Crippen LogP contribution in [0.4, 0.5) is 0 Å². The Balaban J connectivity index is 1.15. The number of unbranched alkanes of at least 4 members (excludes halogenated alkanes) is 2. The average Bonchev–Trinajstić information content (AvgIpc) is 1.26. The summed E-state index contributed by atoms with van der Waals surface area (Å²) in [6.45, 7) is -1.41. The minimum atomic E-state index is -1.98. The molecule has 0 spiro atoms. The number of likely N-dealkylation sites (N-methyl/N-ethyl adjacent to an activating group) is 3. The third-order valence-corrected chi connectivity index (χ3v) is 23.2. The molecule has 5 heterocycles. The number of phenolic OH excluding ortho intramolecular Hbond substituents is 1. The third kappa shape index (κ3) is 26.1. The van der Waals surface area contributed by atoms with Crippen molar-refractivity contribution in [2.24, 2.45) is 5.73 Å². The summed E-state index contributed by atoms with van der Waals surface area (Å²) < 4.78 is 0. The summed E-state index contributed by atoms with van der Waals surface area (Å²) in [4.78, 5) is 254. The van der Waals surface area contributed by atoms with E-state index in [4.69, 9.17) is 5.73 Å². The predicted molar refractivity (Wildman–Crippen MR) is 449 cm³/mol. The Morgan fingerprint density at radius 2 is 0.984 bits per heavy atom. The fraction of sp³-hybridized carbons (Fsp3) is 0.524. The first kappa shape index (κ1) is 98.1. The molecule has 3 aliphatic rings. The number of thioether (sulfide) groups is 1. The van der Waals surface area contributed by atoms with Crippen LogP contribution in [0.3, 0.4) is 0 Å². The van der Waals surface area contributed by atoms with Gasteiger partial charge in [-0.25, -0.2) is 0 Å². The fourth-order valence-corrected chi connectivity index (χ4v) is 15.9. The molecule has 2 aromatic heterocycles. The second kappa shape index (κ2) is 46.4. The van der Waals surface area contributed by atoms with Crippen LogP contribution in [0, 0.1) is 0 Å². The van der Waals surface area contributed by atoms with Crippen molar-refractivity contribution in [2.75, 3.05) is 78.7 Å². The zero-order valence-electron chi connectivity index (χ0n) is 70.1. The van der Waals surface area contributed by atoms with Crippen LogP contribution in [0.1, 0.15) is 102 Å². The monoisotopic (exact) mass is 1760 g/mol. The number of carboxylic acid groups (broad SMARTS) is 1. The molecule has 3 aliphatic heterocycles. The number of amides is 16. The number of aromatic nitrogens is 2. The fourth-order valence-electron chi connectivity index (χ4n) is 15.0. The Hall–Kier alpha value is -12.3. The summed E-state index contributed by atoms with van der Waals surface area (Å²) in [5.41, 5.74) is 7.83. The lowest BCUT2D eigenvalue weighted by atomic mass is 10.00. The number of aliphatic hydroxyl groups excluding tert-OH is 5. The molecule has 0 aliphatic carbocycles. The molecule has 0 unspecified atom stereocenters. The van der Waals surface area contributed by atoms with Gasteiger partial charge < -0.3 is 129 Å². The number of H-pyrrole nitrogens is 2. The van der Waals surface area contributed by atoms with Gasteiger partial charge in [0, 0.05) is 99.9 Å². The summed E-state index contributed by atoms with van der Waals surface area (Å²) in [7, 11) is 3.74. The number of nitrogens with one attached hydrogen (secondary N) is 12. The largest absolute Gasteiger partial charge is 0.508 e. The lowest BCUT2D eigenvalue weighted by Gasteiger charge is -2.36. The van der Waals surface area contributed by atoms with Gasteiger partial charge in [-0.3, -0.25) is 81.5 Å². The molecule has 680 valence electrons. The van der Waals surface area contributed by atoms with E-state index in [1.54, 1.807) is 67.8 Å². The molecule has 3 saturated heterocycles. The number of para-hydroxylation sites is 2. The van der Waals surface area contributed by atoms with Crippen LogP contribution in [0.2, 0.25) is 0 Å². The van der Waals surface area contributed by atoms with E-state index in [-0.39, 0.29) is 63.7 Å². The number of benzene rings is 3. The molecule has 3 fully saturated rings. The standard InChI is InChI=1S/C82H112N18O24S/c1-7-9-20-62-75(117)92-59(39-103)74(116)95-61(70(112)86-35-66(83)107)41-125-42-67(108)87-54(28-44-23-25-47(105)26-24-44)78(120)96(4)43(3)69(111)89-56(32-68(109)110)80(122)99-27-15-22-63(99)76(118)93-58(38-102)73(115)94-60(40-104)81(123)100-36-48(106)31-65(100)77(119)88-53(29-45-33-84-51-18-13-11-16-49(45)51)71(113)91-57(37-101)72(114)90-55(30-46-34-85-52-19-14-12-17-50(46)52)79(121)98(6)64(21-10-8-2)82(124)97(62)5/h11-14,16-19,23-26,33-34,43,48,53-65,84-85,101-106H,7-10,15,20-22,27-32,35-42H2,1-6H3,(H2,83,107)(H,86,112)(H,87,108)(H,88,119)(H,89,111)(H,90,114)(H,91,113)(H,92,117)(H,93,118)(H,94,115)(H,95,116)(H,109,110)/t43-,48+,53-,54-,55-,56-,57-,58-,59-,60-,61-,62-,63-,64-,65-/m0/s1. The zero-order chi connectivity index (χ0) is 91.6. The van der Waals surface area contributed by atoms with E-state index in [1.165, 1.54) is 45.3 Å². The van der Waals surface area contributed by atoms with Crippen LogP contribution in [0.25, 0.3) is 21.8 Å². The van der Waals surface area contributed by atoms with Gasteiger partial charge in [-0.1, -0.05) is 88.1 Å². The number of phenols is 1. The molecule has 43 heteroatoms. The number of carbonyl (C=O) groups excluding carboxylic acids is 16. The van der Waals surface area contributed by atoms with E-state index in [0.717, 1.165) is 31.5 Å². The summed E-state index contributed by atoms with van der Waals surface area (Å²) >= 11 is 0.702. The molecule has 0 bridgehead atoms. The van der Waals surface area contributed by atoms with Gasteiger partial charge in [0.15, 0.2) is 0 Å². The van der Waals surface area contributed by atoms with Crippen molar-refractivity contribution < 1.29 is 117 Å². The molecule has 0 radical (unpaired) electrons. The number of aliphatic carboxylic acids is 1. The average molecular weight is 1770 g/mol. The molecule has 8 rings (SSSR count). The normalized spacial score (nSPS) is 25.8. The number of primary amides is 1. The maximum absolute atomic E-state index is 15.5. The summed E-state index contributed by atoms with van der Waals surface area (Å²) in [5, 5.41) is 100. The summed E-state index contributed by atoms with van der Waals surface area (Å²) in [6.07, 6.45) is 0.527. The van der Waals surface area contributed by atoms with E-state index in [2.05, 4.69) is 63.1 Å². The van der Waals surface area contributed by atoms with Gasteiger partial charge >= 0.3 is 5.97 Å². The molecule has 21 N–H and O–H groups in total. The van der Waals surface area contributed by atoms with Gasteiger partial charge in [-0.05, 0) is 73.6 Å². The minimum absolute atomic E-state index is 0.0356. The molecular weight excluding hydrogens is 1650 g/mol. The minimum Gasteiger partial charge on any atom is -0.508 e. The van der Waals surface area contributed by atoms with E-state index >= 15 is 14.4 Å². The van der Waals surface area contributed by atoms with Gasteiger partial charge in [0.05, 0.1) is 51.2 Å². The Kier molecular flexibility index (Phi) is 36.4. The quantitative estimate of drug-likeness (QED) is 0.0326. The van der Waals surface area contributed by atoms with Crippen LogP contribution in [-0.4, -0.2) is 340 Å². The van der Waals surface area contributed by atoms with Crippen LogP contribution in [-0.2, 0) is 101 Å². The Morgan fingerprint density at radius 1 is 0.512 bits per heavy atom. The first-order chi connectivity index (χ1) is 59.6. The second-order valence-corrected chi connectivity index (χ2v) is 32.1. The highest BCUT2D eigenvalue weighted by Crippen LogP contribution is 2.27. The van der Waals surface area contributed by atoms with Crippen molar-refractivity contribution in [3.8, 4) is 5.75 Å². The summed E-state index contributed by atoms with van der Waals surface area (Å²) in [6, 6.07) is -4.63. The maximum Gasteiger partial charge on any atom is 0.305 e. The number of hydrogen-bond donors (Lipinski definition) is 20. The van der Waals surface area contributed by atoms with E-state index in [1.807, 2.05) is 6.92 Å². The van der Waals surface area contributed by atoms with Crippen molar-refractivity contribution in [1.82, 2.24) is 87.6 Å². The lowest BCUT2D eigenvalue weighted by molar-refractivity contribution is -0.149. The first-order valence-corrected chi connectivity index (χ1v) is 42.2. The topological polar surface area (TPSA) is 626 Å². The van der Waals surface area contributed by atoms with Crippen LogP contribution < -0.4 is 58.9 Å². The lowest BCUT2D eigenvalue weighted by Crippen LogP contribution is -2.62.